The van der Waals surface area contributed by atoms with Crippen molar-refractivity contribution in [1.82, 2.24) is 4.98 Å². The highest BCUT2D eigenvalue weighted by Gasteiger charge is 2.11. The summed E-state index contributed by atoms with van der Waals surface area (Å²) in [6.07, 6.45) is 0.971. The van der Waals surface area contributed by atoms with Gasteiger partial charge in [-0.2, -0.15) is 0 Å². The molecule has 1 aromatic heterocycles. The minimum absolute atomic E-state index is 0.0467. The molecule has 0 bridgehead atoms. The molecule has 0 atom stereocenters. The fraction of sp³-hybridized carbons (Fsp3) is 0. The van der Waals surface area contributed by atoms with E-state index in [-0.39, 0.29) is 16.5 Å². The number of pyridine rings is 1. The minimum Gasteiger partial charge on any atom is -0.436 e. The van der Waals surface area contributed by atoms with Crippen molar-refractivity contribution in [2.24, 2.45) is 0 Å². The molecule has 0 N–H and O–H groups in total. The molecule has 0 aliphatic heterocycles. The van der Waals surface area contributed by atoms with Crippen LogP contribution in [0.5, 0.6) is 11.6 Å². The third-order valence-corrected chi connectivity index (χ3v) is 3.44. The Hall–Kier alpha value is -1.73. The van der Waals surface area contributed by atoms with Crippen LogP contribution in [0.3, 0.4) is 0 Å². The van der Waals surface area contributed by atoms with Crippen molar-refractivity contribution < 1.29 is 21.9 Å². The molecule has 0 saturated heterocycles. The monoisotopic (exact) mass is 305 g/mol. The Labute approximate surface area is 112 Å². The molecule has 100 valence electrons. The quantitative estimate of drug-likeness (QED) is 0.818. The van der Waals surface area contributed by atoms with Gasteiger partial charge in [-0.3, -0.25) is 0 Å². The third kappa shape index (κ3) is 3.39. The van der Waals surface area contributed by atoms with Crippen LogP contribution in [-0.2, 0) is 9.05 Å². The fourth-order valence-electron chi connectivity index (χ4n) is 1.24. The van der Waals surface area contributed by atoms with Crippen molar-refractivity contribution in [3.05, 3.63) is 48.2 Å². The maximum atomic E-state index is 13.3. The molecule has 0 aliphatic rings. The van der Waals surface area contributed by atoms with E-state index in [2.05, 4.69) is 4.98 Å². The van der Waals surface area contributed by atoms with Crippen molar-refractivity contribution >= 4 is 19.7 Å². The average Bonchev–Trinajstić information content (AvgIpc) is 2.32. The smallest absolute Gasteiger partial charge is 0.262 e. The molecule has 0 radical (unpaired) electrons. The molecule has 0 fully saturated rings. The van der Waals surface area contributed by atoms with E-state index in [1.165, 1.54) is 6.07 Å². The van der Waals surface area contributed by atoms with Gasteiger partial charge in [-0.1, -0.05) is 0 Å². The molecular formula is C11H6ClF2NO3S. The second-order valence-electron chi connectivity index (χ2n) is 3.45. The van der Waals surface area contributed by atoms with Crippen LogP contribution in [-0.4, -0.2) is 13.4 Å². The Morgan fingerprint density at radius 3 is 2.42 bits per heavy atom. The Kier molecular flexibility index (Phi) is 3.68. The summed E-state index contributed by atoms with van der Waals surface area (Å²) in [5, 5.41) is 0. The first kappa shape index (κ1) is 13.7. The number of halogens is 3. The molecule has 0 amide bonds. The zero-order valence-electron chi connectivity index (χ0n) is 9.18. The van der Waals surface area contributed by atoms with Crippen LogP contribution in [0, 0.1) is 11.6 Å². The lowest BCUT2D eigenvalue weighted by Crippen LogP contribution is -1.95. The van der Waals surface area contributed by atoms with Crippen LogP contribution in [0.15, 0.2) is 41.4 Å². The Bertz CT molecular complexity index is 704. The van der Waals surface area contributed by atoms with Crippen molar-refractivity contribution in [2.75, 3.05) is 0 Å². The number of aromatic nitrogens is 1. The van der Waals surface area contributed by atoms with Gasteiger partial charge >= 0.3 is 0 Å². The molecular weight excluding hydrogens is 300 g/mol. The van der Waals surface area contributed by atoms with E-state index in [9.17, 15) is 17.2 Å². The van der Waals surface area contributed by atoms with Gasteiger partial charge in [0.1, 0.15) is 10.7 Å². The van der Waals surface area contributed by atoms with Gasteiger partial charge in [-0.15, -0.1) is 0 Å². The Morgan fingerprint density at radius 1 is 1.16 bits per heavy atom. The molecule has 19 heavy (non-hydrogen) atoms. The maximum absolute atomic E-state index is 13.3. The van der Waals surface area contributed by atoms with E-state index in [4.69, 9.17) is 15.4 Å². The van der Waals surface area contributed by atoms with E-state index < -0.39 is 20.7 Å². The summed E-state index contributed by atoms with van der Waals surface area (Å²) in [4.78, 5) is 3.45. The van der Waals surface area contributed by atoms with Crippen LogP contribution in [0.2, 0.25) is 0 Å². The molecule has 1 heterocycles. The largest absolute Gasteiger partial charge is 0.436 e. The van der Waals surface area contributed by atoms with E-state index >= 15 is 0 Å². The van der Waals surface area contributed by atoms with Crippen molar-refractivity contribution in [3.63, 3.8) is 0 Å². The van der Waals surface area contributed by atoms with Crippen LogP contribution in [0.25, 0.3) is 0 Å². The summed E-state index contributed by atoms with van der Waals surface area (Å²) in [6, 6.07) is 5.14. The maximum Gasteiger partial charge on any atom is 0.262 e. The lowest BCUT2D eigenvalue weighted by Gasteiger charge is -2.05. The molecule has 0 saturated carbocycles. The molecule has 0 aliphatic carbocycles. The summed E-state index contributed by atoms with van der Waals surface area (Å²) in [5.41, 5.74) is 0. The molecule has 0 spiro atoms. The van der Waals surface area contributed by atoms with Crippen molar-refractivity contribution in [1.29, 1.82) is 0 Å². The van der Waals surface area contributed by atoms with E-state index in [0.29, 0.717) is 6.07 Å². The summed E-state index contributed by atoms with van der Waals surface area (Å²) >= 11 is 0. The molecule has 8 heteroatoms. The number of rotatable bonds is 3. The van der Waals surface area contributed by atoms with Crippen LogP contribution < -0.4 is 4.74 Å². The normalized spacial score (nSPS) is 11.3. The highest BCUT2D eigenvalue weighted by molar-refractivity contribution is 8.13. The Balaban J connectivity index is 2.25. The van der Waals surface area contributed by atoms with Crippen molar-refractivity contribution in [3.8, 4) is 11.6 Å². The highest BCUT2D eigenvalue weighted by atomic mass is 35.7. The van der Waals surface area contributed by atoms with Gasteiger partial charge in [0.05, 0.1) is 6.20 Å². The van der Waals surface area contributed by atoms with Crippen LogP contribution in [0.1, 0.15) is 0 Å². The van der Waals surface area contributed by atoms with Gasteiger partial charge in [0.15, 0.2) is 11.6 Å². The summed E-state index contributed by atoms with van der Waals surface area (Å²) in [7, 11) is 1.23. The van der Waals surface area contributed by atoms with Crippen molar-refractivity contribution in [2.45, 2.75) is 4.90 Å². The van der Waals surface area contributed by atoms with Gasteiger partial charge in [0, 0.05) is 22.8 Å². The molecule has 1 aromatic carbocycles. The summed E-state index contributed by atoms with van der Waals surface area (Å²) in [6.45, 7) is 0. The van der Waals surface area contributed by atoms with Crippen LogP contribution in [0.4, 0.5) is 8.78 Å². The molecule has 2 aromatic rings. The molecule has 4 nitrogen and oxygen atoms in total. The zero-order chi connectivity index (χ0) is 14.0. The molecule has 2 rings (SSSR count). The highest BCUT2D eigenvalue weighted by Crippen LogP contribution is 2.24. The predicted octanol–water partition coefficient (Wildman–Crippen LogP) is 3.08. The second-order valence-corrected chi connectivity index (χ2v) is 6.01. The number of ether oxygens (including phenoxy) is 1. The summed E-state index contributed by atoms with van der Waals surface area (Å²) in [5.74, 6) is -1.90. The standard InChI is InChI=1S/C11H6ClF2NO3S/c12-19(16,17)8-2-4-11(15-6-8)18-10-3-1-7(13)5-9(10)14/h1-6H. The first-order valence-corrected chi connectivity index (χ1v) is 7.21. The van der Waals surface area contributed by atoms with Gasteiger partial charge in [0.25, 0.3) is 9.05 Å². The average molecular weight is 306 g/mol. The second kappa shape index (κ2) is 5.10. The van der Waals surface area contributed by atoms with Crippen LogP contribution >= 0.6 is 10.7 Å². The number of hydrogen-bond acceptors (Lipinski definition) is 4. The third-order valence-electron chi connectivity index (χ3n) is 2.10. The first-order chi connectivity index (χ1) is 8.86. The van der Waals surface area contributed by atoms with E-state index in [1.54, 1.807) is 0 Å². The Morgan fingerprint density at radius 2 is 1.89 bits per heavy atom. The van der Waals surface area contributed by atoms with Gasteiger partial charge in [-0.05, 0) is 18.2 Å². The number of benzene rings is 1. The van der Waals surface area contributed by atoms with E-state index in [0.717, 1.165) is 24.4 Å². The minimum atomic E-state index is -3.88. The lowest BCUT2D eigenvalue weighted by atomic mass is 10.3. The number of nitrogens with zero attached hydrogens (tertiary/aromatic N) is 1. The van der Waals surface area contributed by atoms with Gasteiger partial charge in [-0.25, -0.2) is 22.2 Å². The lowest BCUT2D eigenvalue weighted by molar-refractivity contribution is 0.423. The van der Waals surface area contributed by atoms with Gasteiger partial charge in [0.2, 0.25) is 5.88 Å². The molecule has 0 unspecified atom stereocenters. The SMILES string of the molecule is O=S(=O)(Cl)c1ccc(Oc2ccc(F)cc2F)nc1. The summed E-state index contributed by atoms with van der Waals surface area (Å²) < 4.78 is 53.0. The zero-order valence-corrected chi connectivity index (χ0v) is 10.8. The van der Waals surface area contributed by atoms with Gasteiger partial charge < -0.3 is 4.74 Å². The fourth-order valence-corrected chi connectivity index (χ4v) is 1.92. The number of hydrogen-bond donors (Lipinski definition) is 0. The first-order valence-electron chi connectivity index (χ1n) is 4.90. The van der Waals surface area contributed by atoms with E-state index in [1.807, 2.05) is 0 Å². The topological polar surface area (TPSA) is 56.3 Å². The predicted molar refractivity (Wildman–Crippen MR) is 63.7 cm³/mol.